The first kappa shape index (κ1) is 19.0. The van der Waals surface area contributed by atoms with Crippen molar-refractivity contribution in [2.75, 3.05) is 20.8 Å². The number of carbonyl (C=O) groups is 2. The first-order chi connectivity index (χ1) is 10.9. The van der Waals surface area contributed by atoms with Crippen molar-refractivity contribution >= 4 is 11.9 Å². The quantitative estimate of drug-likeness (QED) is 0.700. The lowest BCUT2D eigenvalue weighted by molar-refractivity contribution is -0.145. The molecule has 0 bridgehead atoms. The molecule has 0 aliphatic heterocycles. The molecule has 1 aromatic carbocycles. The summed E-state index contributed by atoms with van der Waals surface area (Å²) in [6.45, 7) is 3.91. The van der Waals surface area contributed by atoms with Crippen LogP contribution in [0.15, 0.2) is 24.3 Å². The third-order valence-corrected chi connectivity index (χ3v) is 3.74. The second-order valence-corrected chi connectivity index (χ2v) is 5.75. The minimum Gasteiger partial charge on any atom is -0.496 e. The fourth-order valence-electron chi connectivity index (χ4n) is 2.19. The Hall–Kier alpha value is -2.08. The van der Waals surface area contributed by atoms with Gasteiger partial charge in [-0.1, -0.05) is 32.0 Å². The van der Waals surface area contributed by atoms with Crippen LogP contribution in [0, 0.1) is 11.8 Å². The summed E-state index contributed by atoms with van der Waals surface area (Å²) in [6.07, 6.45) is 0.411. The zero-order valence-electron chi connectivity index (χ0n) is 14.2. The molecule has 0 saturated carbocycles. The molecule has 0 heterocycles. The zero-order valence-corrected chi connectivity index (χ0v) is 14.2. The predicted molar refractivity (Wildman–Crippen MR) is 88.0 cm³/mol. The van der Waals surface area contributed by atoms with Gasteiger partial charge in [-0.2, -0.15) is 0 Å². The lowest BCUT2D eigenvalue weighted by atomic mass is 9.98. The van der Waals surface area contributed by atoms with Gasteiger partial charge in [0, 0.05) is 6.54 Å². The third kappa shape index (κ3) is 5.56. The molecule has 6 nitrogen and oxygen atoms in total. The number of hydrogen-bond donors (Lipinski definition) is 2. The summed E-state index contributed by atoms with van der Waals surface area (Å²) in [5, 5.41) is 2.73. The van der Waals surface area contributed by atoms with Gasteiger partial charge in [0.05, 0.1) is 26.2 Å². The molecule has 3 N–H and O–H groups in total. The average molecular weight is 322 g/mol. The van der Waals surface area contributed by atoms with E-state index in [1.165, 1.54) is 7.11 Å². The maximum atomic E-state index is 12.0. The maximum absolute atomic E-state index is 12.0. The second-order valence-electron chi connectivity index (χ2n) is 5.75. The normalized spacial score (nSPS) is 13.3. The van der Waals surface area contributed by atoms with E-state index >= 15 is 0 Å². The lowest BCUT2D eigenvalue weighted by Gasteiger charge is -2.20. The summed E-state index contributed by atoms with van der Waals surface area (Å²) < 4.78 is 10.1. The van der Waals surface area contributed by atoms with E-state index in [0.29, 0.717) is 12.2 Å². The van der Waals surface area contributed by atoms with Crippen molar-refractivity contribution < 1.29 is 19.1 Å². The number of amides is 1. The van der Waals surface area contributed by atoms with Gasteiger partial charge in [-0.15, -0.1) is 0 Å². The number of para-hydroxylation sites is 1. The Balaban J connectivity index is 2.78. The van der Waals surface area contributed by atoms with E-state index in [1.54, 1.807) is 7.11 Å². The van der Waals surface area contributed by atoms with Gasteiger partial charge >= 0.3 is 5.97 Å². The Kier molecular flexibility index (Phi) is 7.54. The molecule has 1 rings (SSSR count). The summed E-state index contributed by atoms with van der Waals surface area (Å²) in [4.78, 5) is 23.9. The SMILES string of the molecule is COC(=O)C(CNC(=O)[C@@H](N)C(C)C)Cc1ccccc1OC. The van der Waals surface area contributed by atoms with Crippen LogP contribution in [-0.4, -0.2) is 38.7 Å². The van der Waals surface area contributed by atoms with Crippen LogP contribution in [0.4, 0.5) is 0 Å². The maximum Gasteiger partial charge on any atom is 0.310 e. The number of nitrogens with two attached hydrogens (primary N) is 1. The third-order valence-electron chi connectivity index (χ3n) is 3.74. The van der Waals surface area contributed by atoms with Gasteiger partial charge in [0.15, 0.2) is 0 Å². The van der Waals surface area contributed by atoms with Gasteiger partial charge in [0.25, 0.3) is 0 Å². The van der Waals surface area contributed by atoms with E-state index in [-0.39, 0.29) is 24.3 Å². The minimum absolute atomic E-state index is 0.0285. The molecular formula is C17H26N2O4. The molecule has 0 saturated heterocycles. The molecule has 1 amide bonds. The van der Waals surface area contributed by atoms with Crippen molar-refractivity contribution in [3.05, 3.63) is 29.8 Å². The number of rotatable bonds is 8. The molecule has 2 atom stereocenters. The van der Waals surface area contributed by atoms with E-state index < -0.39 is 12.0 Å². The van der Waals surface area contributed by atoms with Crippen LogP contribution < -0.4 is 15.8 Å². The molecule has 1 unspecified atom stereocenters. The molecule has 6 heteroatoms. The summed E-state index contributed by atoms with van der Waals surface area (Å²) in [7, 11) is 2.91. The van der Waals surface area contributed by atoms with Gasteiger partial charge < -0.3 is 20.5 Å². The first-order valence-electron chi connectivity index (χ1n) is 7.63. The molecule has 0 radical (unpaired) electrons. The molecule has 0 aliphatic carbocycles. The Morgan fingerprint density at radius 1 is 1.22 bits per heavy atom. The van der Waals surface area contributed by atoms with Crippen LogP contribution >= 0.6 is 0 Å². The van der Waals surface area contributed by atoms with Gasteiger partial charge in [0.1, 0.15) is 5.75 Å². The number of methoxy groups -OCH3 is 2. The summed E-state index contributed by atoms with van der Waals surface area (Å²) in [6, 6.07) is 6.85. The molecule has 0 spiro atoms. The molecule has 128 valence electrons. The highest BCUT2D eigenvalue weighted by Gasteiger charge is 2.24. The lowest BCUT2D eigenvalue weighted by Crippen LogP contribution is -2.46. The summed E-state index contributed by atoms with van der Waals surface area (Å²) >= 11 is 0. The average Bonchev–Trinajstić information content (AvgIpc) is 2.56. The Labute approximate surface area is 137 Å². The van der Waals surface area contributed by atoms with Crippen molar-refractivity contribution in [3.63, 3.8) is 0 Å². The van der Waals surface area contributed by atoms with E-state index in [4.69, 9.17) is 15.2 Å². The fraction of sp³-hybridized carbons (Fsp3) is 0.529. The molecule has 0 fully saturated rings. The second kappa shape index (κ2) is 9.15. The van der Waals surface area contributed by atoms with Crippen LogP contribution in [0.3, 0.4) is 0 Å². The highest BCUT2D eigenvalue weighted by molar-refractivity contribution is 5.82. The van der Waals surface area contributed by atoms with E-state index in [0.717, 1.165) is 5.56 Å². The van der Waals surface area contributed by atoms with Crippen molar-refractivity contribution in [2.45, 2.75) is 26.3 Å². The largest absolute Gasteiger partial charge is 0.496 e. The minimum atomic E-state index is -0.598. The molecule has 0 aromatic heterocycles. The van der Waals surface area contributed by atoms with Gasteiger partial charge in [-0.3, -0.25) is 9.59 Å². The number of carbonyl (C=O) groups excluding carboxylic acids is 2. The topological polar surface area (TPSA) is 90.7 Å². The Morgan fingerprint density at radius 2 is 1.87 bits per heavy atom. The summed E-state index contributed by atoms with van der Waals surface area (Å²) in [5.74, 6) is -0.421. The van der Waals surface area contributed by atoms with Crippen LogP contribution in [0.5, 0.6) is 5.75 Å². The monoisotopic (exact) mass is 322 g/mol. The van der Waals surface area contributed by atoms with E-state index in [1.807, 2.05) is 38.1 Å². The summed E-state index contributed by atoms with van der Waals surface area (Å²) in [5.41, 5.74) is 6.69. The van der Waals surface area contributed by atoms with Crippen molar-refractivity contribution in [2.24, 2.45) is 17.6 Å². The zero-order chi connectivity index (χ0) is 17.4. The van der Waals surface area contributed by atoms with Crippen molar-refractivity contribution in [1.29, 1.82) is 0 Å². The molecule has 0 aliphatic rings. The first-order valence-corrected chi connectivity index (χ1v) is 7.63. The van der Waals surface area contributed by atoms with Crippen LogP contribution in [0.2, 0.25) is 0 Å². The van der Waals surface area contributed by atoms with Gasteiger partial charge in [-0.25, -0.2) is 0 Å². The Morgan fingerprint density at radius 3 is 2.43 bits per heavy atom. The van der Waals surface area contributed by atoms with Crippen molar-refractivity contribution in [1.82, 2.24) is 5.32 Å². The van der Waals surface area contributed by atoms with Crippen LogP contribution in [-0.2, 0) is 20.7 Å². The molecule has 1 aromatic rings. The fourth-order valence-corrected chi connectivity index (χ4v) is 2.19. The Bertz CT molecular complexity index is 531. The van der Waals surface area contributed by atoms with Gasteiger partial charge in [0.2, 0.25) is 5.91 Å². The molecule has 23 heavy (non-hydrogen) atoms. The predicted octanol–water partition coefficient (Wildman–Crippen LogP) is 1.13. The number of benzene rings is 1. The number of esters is 1. The number of ether oxygens (including phenoxy) is 2. The van der Waals surface area contributed by atoms with E-state index in [9.17, 15) is 9.59 Å². The van der Waals surface area contributed by atoms with Crippen LogP contribution in [0.1, 0.15) is 19.4 Å². The van der Waals surface area contributed by atoms with Crippen LogP contribution in [0.25, 0.3) is 0 Å². The number of hydrogen-bond acceptors (Lipinski definition) is 5. The smallest absolute Gasteiger partial charge is 0.310 e. The molecular weight excluding hydrogens is 296 g/mol. The highest BCUT2D eigenvalue weighted by atomic mass is 16.5. The van der Waals surface area contributed by atoms with Crippen molar-refractivity contribution in [3.8, 4) is 5.75 Å². The standard InChI is InChI=1S/C17H26N2O4/c1-11(2)15(18)16(20)19-10-13(17(21)23-4)9-12-7-5-6-8-14(12)22-3/h5-8,11,13,15H,9-10,18H2,1-4H3,(H,19,20)/t13?,15-/m0/s1. The number of nitrogens with one attached hydrogen (secondary N) is 1. The van der Waals surface area contributed by atoms with Gasteiger partial charge in [-0.05, 0) is 24.0 Å². The van der Waals surface area contributed by atoms with E-state index in [2.05, 4.69) is 5.32 Å². The highest BCUT2D eigenvalue weighted by Crippen LogP contribution is 2.21.